The van der Waals surface area contributed by atoms with Gasteiger partial charge in [0.25, 0.3) is 5.91 Å². The number of amides is 1. The third-order valence-corrected chi connectivity index (χ3v) is 4.24. The predicted octanol–water partition coefficient (Wildman–Crippen LogP) is 1.33. The van der Waals surface area contributed by atoms with Crippen LogP contribution in [0.1, 0.15) is 21.6 Å². The average molecular weight is 311 g/mol. The summed E-state index contributed by atoms with van der Waals surface area (Å²) in [5, 5.41) is 0. The molecule has 1 amide bonds. The number of rotatable bonds is 3. The largest absolute Gasteiger partial charge is 0.382 e. The molecule has 6 heteroatoms. The van der Waals surface area contributed by atoms with E-state index in [1.165, 1.54) is 23.5 Å². The van der Waals surface area contributed by atoms with Crippen molar-refractivity contribution in [2.24, 2.45) is 0 Å². The molecule has 0 spiro atoms. The van der Waals surface area contributed by atoms with Gasteiger partial charge in [0.15, 0.2) is 11.5 Å². The van der Waals surface area contributed by atoms with Gasteiger partial charge in [0.1, 0.15) is 0 Å². The first-order valence-corrected chi connectivity index (χ1v) is 7.78. The summed E-state index contributed by atoms with van der Waals surface area (Å²) in [5.74, 6) is 0.0611. The molecule has 1 aromatic heterocycles. The molecule has 0 unspecified atom stereocenters. The van der Waals surface area contributed by atoms with Crippen LogP contribution in [0.3, 0.4) is 0 Å². The van der Waals surface area contributed by atoms with Crippen molar-refractivity contribution in [3.63, 3.8) is 0 Å². The Hall–Kier alpha value is -2.47. The van der Waals surface area contributed by atoms with Gasteiger partial charge in [-0.2, -0.15) is 0 Å². The van der Waals surface area contributed by atoms with Crippen molar-refractivity contribution in [1.82, 2.24) is 19.8 Å². The molecule has 2 N–H and O–H groups in total. The summed E-state index contributed by atoms with van der Waals surface area (Å²) < 4.78 is 0. The van der Waals surface area contributed by atoms with E-state index in [4.69, 9.17) is 5.73 Å². The monoisotopic (exact) mass is 311 g/mol. The highest BCUT2D eigenvalue weighted by atomic mass is 16.2. The fourth-order valence-electron chi connectivity index (χ4n) is 2.80. The lowest BCUT2D eigenvalue weighted by Crippen LogP contribution is -2.48. The molecule has 1 saturated heterocycles. The molecular weight excluding hydrogens is 290 g/mol. The fourth-order valence-corrected chi connectivity index (χ4v) is 2.80. The van der Waals surface area contributed by atoms with Crippen LogP contribution >= 0.6 is 0 Å². The summed E-state index contributed by atoms with van der Waals surface area (Å²) in [4.78, 5) is 24.6. The summed E-state index contributed by atoms with van der Waals surface area (Å²) in [6.07, 6.45) is 2.99. The Morgan fingerprint density at radius 2 is 1.83 bits per heavy atom. The van der Waals surface area contributed by atoms with Crippen molar-refractivity contribution in [2.75, 3.05) is 31.9 Å². The van der Waals surface area contributed by atoms with Gasteiger partial charge in [0.2, 0.25) is 0 Å². The van der Waals surface area contributed by atoms with Gasteiger partial charge in [0, 0.05) is 45.1 Å². The van der Waals surface area contributed by atoms with Crippen LogP contribution in [0.5, 0.6) is 0 Å². The first-order valence-electron chi connectivity index (χ1n) is 7.78. The molecule has 0 radical (unpaired) electrons. The highest BCUT2D eigenvalue weighted by Gasteiger charge is 2.24. The van der Waals surface area contributed by atoms with Crippen molar-refractivity contribution in [3.05, 3.63) is 53.5 Å². The molecule has 1 aliphatic rings. The zero-order valence-corrected chi connectivity index (χ0v) is 13.3. The molecular formula is C17H21N5O. The summed E-state index contributed by atoms with van der Waals surface area (Å²) in [7, 11) is 0. The molecule has 1 aliphatic heterocycles. The smallest absolute Gasteiger partial charge is 0.276 e. The number of nitrogens with two attached hydrogens (primary N) is 1. The van der Waals surface area contributed by atoms with Crippen LogP contribution in [0, 0.1) is 6.92 Å². The molecule has 0 aliphatic carbocycles. The number of nitrogen functional groups attached to an aromatic ring is 1. The lowest BCUT2D eigenvalue weighted by Gasteiger charge is -2.34. The van der Waals surface area contributed by atoms with Crippen LogP contribution in [-0.2, 0) is 6.54 Å². The average Bonchev–Trinajstić information content (AvgIpc) is 2.57. The van der Waals surface area contributed by atoms with E-state index >= 15 is 0 Å². The quantitative estimate of drug-likeness (QED) is 0.925. The van der Waals surface area contributed by atoms with E-state index in [2.05, 4.69) is 46.1 Å². The highest BCUT2D eigenvalue weighted by molar-refractivity contribution is 5.96. The van der Waals surface area contributed by atoms with Crippen LogP contribution in [0.2, 0.25) is 0 Å². The SMILES string of the molecule is Cc1ccccc1CN1CCN(C(=O)c2nccnc2N)CC1. The zero-order chi connectivity index (χ0) is 16.2. The Morgan fingerprint density at radius 1 is 1.13 bits per heavy atom. The molecule has 120 valence electrons. The summed E-state index contributed by atoms with van der Waals surface area (Å²) in [6.45, 7) is 6.11. The number of piperazine rings is 1. The van der Waals surface area contributed by atoms with Gasteiger partial charge in [-0.05, 0) is 18.1 Å². The Bertz CT molecular complexity index is 695. The molecule has 1 aromatic carbocycles. The number of carbonyl (C=O) groups excluding carboxylic acids is 1. The van der Waals surface area contributed by atoms with Gasteiger partial charge in [0.05, 0.1) is 0 Å². The van der Waals surface area contributed by atoms with E-state index in [0.29, 0.717) is 13.1 Å². The predicted molar refractivity (Wildman–Crippen MR) is 88.8 cm³/mol. The molecule has 3 rings (SSSR count). The van der Waals surface area contributed by atoms with E-state index < -0.39 is 0 Å². The summed E-state index contributed by atoms with van der Waals surface area (Å²) in [6, 6.07) is 8.42. The summed E-state index contributed by atoms with van der Waals surface area (Å²) in [5.41, 5.74) is 8.63. The van der Waals surface area contributed by atoms with Crippen LogP contribution in [0.4, 0.5) is 5.82 Å². The Kier molecular flexibility index (Phi) is 4.52. The maximum absolute atomic E-state index is 12.5. The number of nitrogens with zero attached hydrogens (tertiary/aromatic N) is 4. The molecule has 2 heterocycles. The van der Waals surface area contributed by atoms with Gasteiger partial charge < -0.3 is 10.6 Å². The molecule has 2 aromatic rings. The van der Waals surface area contributed by atoms with E-state index in [9.17, 15) is 4.79 Å². The second kappa shape index (κ2) is 6.75. The second-order valence-electron chi connectivity index (χ2n) is 5.79. The Balaban J connectivity index is 1.59. The number of benzene rings is 1. The second-order valence-corrected chi connectivity index (χ2v) is 5.79. The van der Waals surface area contributed by atoms with E-state index in [1.54, 1.807) is 4.90 Å². The van der Waals surface area contributed by atoms with Crippen LogP contribution in [-0.4, -0.2) is 51.9 Å². The summed E-state index contributed by atoms with van der Waals surface area (Å²) >= 11 is 0. The number of aryl methyl sites for hydroxylation is 1. The van der Waals surface area contributed by atoms with Gasteiger partial charge in [-0.15, -0.1) is 0 Å². The molecule has 1 fully saturated rings. The van der Waals surface area contributed by atoms with Crippen molar-refractivity contribution in [1.29, 1.82) is 0 Å². The lowest BCUT2D eigenvalue weighted by atomic mass is 10.1. The third-order valence-electron chi connectivity index (χ3n) is 4.24. The number of anilines is 1. The number of aromatic nitrogens is 2. The molecule has 0 bridgehead atoms. The third kappa shape index (κ3) is 3.48. The maximum atomic E-state index is 12.5. The van der Waals surface area contributed by atoms with Crippen molar-refractivity contribution in [2.45, 2.75) is 13.5 Å². The Labute approximate surface area is 135 Å². The minimum Gasteiger partial charge on any atom is -0.382 e. The van der Waals surface area contributed by atoms with E-state index in [0.717, 1.165) is 19.6 Å². The van der Waals surface area contributed by atoms with Gasteiger partial charge in [-0.3, -0.25) is 9.69 Å². The normalized spacial score (nSPS) is 15.6. The highest BCUT2D eigenvalue weighted by Crippen LogP contribution is 2.14. The minimum absolute atomic E-state index is 0.133. The standard InChI is InChI=1S/C17H21N5O/c1-13-4-2-3-5-14(13)12-21-8-10-22(11-9-21)17(23)15-16(18)20-7-6-19-15/h2-7H,8-12H2,1H3,(H2,18,20). The molecule has 0 saturated carbocycles. The Morgan fingerprint density at radius 3 is 2.52 bits per heavy atom. The molecule has 6 nitrogen and oxygen atoms in total. The van der Waals surface area contributed by atoms with E-state index in [-0.39, 0.29) is 17.4 Å². The maximum Gasteiger partial charge on any atom is 0.276 e. The first-order chi connectivity index (χ1) is 11.1. The molecule has 0 atom stereocenters. The minimum atomic E-state index is -0.133. The topological polar surface area (TPSA) is 75.3 Å². The van der Waals surface area contributed by atoms with Crippen molar-refractivity contribution >= 4 is 11.7 Å². The van der Waals surface area contributed by atoms with E-state index in [1.807, 2.05) is 0 Å². The molecule has 23 heavy (non-hydrogen) atoms. The van der Waals surface area contributed by atoms with Crippen molar-refractivity contribution < 1.29 is 4.79 Å². The zero-order valence-electron chi connectivity index (χ0n) is 13.3. The number of hydrogen-bond acceptors (Lipinski definition) is 5. The van der Waals surface area contributed by atoms with Crippen LogP contribution in [0.15, 0.2) is 36.7 Å². The van der Waals surface area contributed by atoms with Gasteiger partial charge in [-0.1, -0.05) is 24.3 Å². The van der Waals surface area contributed by atoms with Crippen LogP contribution < -0.4 is 5.73 Å². The van der Waals surface area contributed by atoms with Crippen LogP contribution in [0.25, 0.3) is 0 Å². The van der Waals surface area contributed by atoms with Gasteiger partial charge in [-0.25, -0.2) is 9.97 Å². The first kappa shape index (κ1) is 15.4. The van der Waals surface area contributed by atoms with Gasteiger partial charge >= 0.3 is 0 Å². The number of hydrogen-bond donors (Lipinski definition) is 1. The lowest BCUT2D eigenvalue weighted by molar-refractivity contribution is 0.0623. The van der Waals surface area contributed by atoms with Crippen molar-refractivity contribution in [3.8, 4) is 0 Å². The fraction of sp³-hybridized carbons (Fsp3) is 0.353. The number of carbonyl (C=O) groups is 1.